The van der Waals surface area contributed by atoms with Gasteiger partial charge in [0, 0.05) is 31.4 Å². The Bertz CT molecular complexity index is 533. The van der Waals surface area contributed by atoms with E-state index in [-0.39, 0.29) is 11.8 Å². The maximum Gasteiger partial charge on any atom is 0.253 e. The van der Waals surface area contributed by atoms with Crippen LogP contribution in [0.25, 0.3) is 0 Å². The molecule has 1 fully saturated rings. The Morgan fingerprint density at radius 2 is 1.89 bits per heavy atom. The molecule has 100 valence electrons. The van der Waals surface area contributed by atoms with Crippen LogP contribution in [0.5, 0.6) is 0 Å². The van der Waals surface area contributed by atoms with Gasteiger partial charge in [0.05, 0.1) is 6.42 Å². The summed E-state index contributed by atoms with van der Waals surface area (Å²) >= 11 is 0. The maximum atomic E-state index is 12.4. The van der Waals surface area contributed by atoms with Crippen LogP contribution in [-0.4, -0.2) is 36.9 Å². The molecular weight excluding hydrogens is 240 g/mol. The number of piperidine rings is 1. The average molecular weight is 258 g/mol. The van der Waals surface area contributed by atoms with Crippen molar-refractivity contribution in [2.75, 3.05) is 25.0 Å². The lowest BCUT2D eigenvalue weighted by Gasteiger charge is -2.26. The summed E-state index contributed by atoms with van der Waals surface area (Å²) in [5.41, 5.74) is 2.61. The van der Waals surface area contributed by atoms with Crippen molar-refractivity contribution in [2.45, 2.75) is 25.7 Å². The van der Waals surface area contributed by atoms with Gasteiger partial charge >= 0.3 is 0 Å². The Kier molecular flexibility index (Phi) is 3.01. The van der Waals surface area contributed by atoms with Crippen LogP contribution in [0, 0.1) is 0 Å². The Morgan fingerprint density at radius 1 is 1.16 bits per heavy atom. The molecule has 2 aliphatic rings. The zero-order valence-electron chi connectivity index (χ0n) is 11.2. The van der Waals surface area contributed by atoms with Crippen molar-refractivity contribution < 1.29 is 9.59 Å². The van der Waals surface area contributed by atoms with E-state index >= 15 is 0 Å². The lowest BCUT2D eigenvalue weighted by molar-refractivity contribution is -0.117. The van der Waals surface area contributed by atoms with E-state index in [1.54, 1.807) is 11.9 Å². The fourth-order valence-electron chi connectivity index (χ4n) is 2.88. The van der Waals surface area contributed by atoms with Gasteiger partial charge in [0.15, 0.2) is 0 Å². The molecule has 0 unspecified atom stereocenters. The molecule has 0 saturated carbocycles. The number of hydrogen-bond acceptors (Lipinski definition) is 2. The number of likely N-dealkylation sites (tertiary alicyclic amines) is 1. The van der Waals surface area contributed by atoms with Crippen molar-refractivity contribution in [2.24, 2.45) is 0 Å². The smallest absolute Gasteiger partial charge is 0.253 e. The summed E-state index contributed by atoms with van der Waals surface area (Å²) in [6.45, 7) is 1.71. The molecule has 0 N–H and O–H groups in total. The largest absolute Gasteiger partial charge is 0.339 e. The van der Waals surface area contributed by atoms with Gasteiger partial charge in [-0.05, 0) is 43.0 Å². The Labute approximate surface area is 113 Å². The van der Waals surface area contributed by atoms with Gasteiger partial charge in [0.1, 0.15) is 0 Å². The van der Waals surface area contributed by atoms with Gasteiger partial charge in [0.25, 0.3) is 5.91 Å². The molecular formula is C15H18N2O2. The normalized spacial score (nSPS) is 18.7. The van der Waals surface area contributed by atoms with E-state index in [2.05, 4.69) is 0 Å². The van der Waals surface area contributed by atoms with Crippen molar-refractivity contribution in [1.82, 2.24) is 4.90 Å². The SMILES string of the molecule is CN1C(=O)Cc2cc(C(=O)N3CCCCC3)ccc21. The molecule has 1 aromatic rings. The zero-order valence-corrected chi connectivity index (χ0v) is 11.2. The molecule has 0 spiro atoms. The van der Waals surface area contributed by atoms with Crippen molar-refractivity contribution in [3.8, 4) is 0 Å². The number of fused-ring (bicyclic) bond motifs is 1. The minimum atomic E-state index is 0.0950. The summed E-state index contributed by atoms with van der Waals surface area (Å²) in [7, 11) is 1.78. The standard InChI is InChI=1S/C15H18N2O2/c1-16-13-6-5-11(9-12(13)10-14(16)18)15(19)17-7-3-2-4-8-17/h5-6,9H,2-4,7-8,10H2,1H3. The van der Waals surface area contributed by atoms with E-state index in [1.165, 1.54) is 6.42 Å². The highest BCUT2D eigenvalue weighted by atomic mass is 16.2. The van der Waals surface area contributed by atoms with Gasteiger partial charge in [-0.1, -0.05) is 0 Å². The first-order valence-electron chi connectivity index (χ1n) is 6.85. The third-order valence-corrected chi connectivity index (χ3v) is 4.05. The molecule has 2 heterocycles. The van der Waals surface area contributed by atoms with Gasteiger partial charge in [-0.15, -0.1) is 0 Å². The lowest BCUT2D eigenvalue weighted by atomic mass is 10.1. The third kappa shape index (κ3) is 2.11. The minimum Gasteiger partial charge on any atom is -0.339 e. The second-order valence-corrected chi connectivity index (χ2v) is 5.33. The number of benzene rings is 1. The van der Waals surface area contributed by atoms with Crippen LogP contribution >= 0.6 is 0 Å². The molecule has 3 rings (SSSR count). The molecule has 2 amide bonds. The highest BCUT2D eigenvalue weighted by molar-refractivity contribution is 6.03. The summed E-state index contributed by atoms with van der Waals surface area (Å²) < 4.78 is 0. The number of amides is 2. The molecule has 19 heavy (non-hydrogen) atoms. The predicted molar refractivity (Wildman–Crippen MR) is 73.3 cm³/mol. The van der Waals surface area contributed by atoms with Crippen molar-refractivity contribution in [3.63, 3.8) is 0 Å². The summed E-state index contributed by atoms with van der Waals surface area (Å²) in [4.78, 5) is 27.6. The first-order valence-corrected chi connectivity index (χ1v) is 6.85. The molecule has 0 radical (unpaired) electrons. The summed E-state index contributed by atoms with van der Waals surface area (Å²) in [6.07, 6.45) is 3.82. The molecule has 0 aliphatic carbocycles. The number of nitrogens with zero attached hydrogens (tertiary/aromatic N) is 2. The summed E-state index contributed by atoms with van der Waals surface area (Å²) in [6, 6.07) is 5.61. The van der Waals surface area contributed by atoms with Gasteiger partial charge in [-0.25, -0.2) is 0 Å². The fourth-order valence-corrected chi connectivity index (χ4v) is 2.88. The van der Waals surface area contributed by atoms with Crippen LogP contribution in [0.3, 0.4) is 0 Å². The highest BCUT2D eigenvalue weighted by Gasteiger charge is 2.26. The van der Waals surface area contributed by atoms with Crippen molar-refractivity contribution >= 4 is 17.5 Å². The molecule has 0 atom stereocenters. The lowest BCUT2D eigenvalue weighted by Crippen LogP contribution is -2.35. The number of carbonyl (C=O) groups excluding carboxylic acids is 2. The van der Waals surface area contributed by atoms with Crippen molar-refractivity contribution in [3.05, 3.63) is 29.3 Å². The molecule has 1 aromatic carbocycles. The second-order valence-electron chi connectivity index (χ2n) is 5.33. The first-order chi connectivity index (χ1) is 9.16. The van der Waals surface area contributed by atoms with E-state index in [0.717, 1.165) is 37.2 Å². The predicted octanol–water partition coefficient (Wildman–Crippen LogP) is 1.83. The van der Waals surface area contributed by atoms with Crippen LogP contribution in [-0.2, 0) is 11.2 Å². The topological polar surface area (TPSA) is 40.6 Å². The number of rotatable bonds is 1. The van der Waals surface area contributed by atoms with Gasteiger partial charge in [-0.3, -0.25) is 9.59 Å². The highest BCUT2D eigenvalue weighted by Crippen LogP contribution is 2.28. The second kappa shape index (κ2) is 4.68. The van der Waals surface area contributed by atoms with E-state index in [9.17, 15) is 9.59 Å². The van der Waals surface area contributed by atoms with Crippen LogP contribution < -0.4 is 4.90 Å². The molecule has 0 aromatic heterocycles. The number of likely N-dealkylation sites (N-methyl/N-ethyl adjacent to an activating group) is 1. The third-order valence-electron chi connectivity index (χ3n) is 4.05. The Balaban J connectivity index is 1.85. The van der Waals surface area contributed by atoms with E-state index in [0.29, 0.717) is 12.0 Å². The van der Waals surface area contributed by atoms with Crippen LogP contribution in [0.4, 0.5) is 5.69 Å². The Morgan fingerprint density at radius 3 is 2.63 bits per heavy atom. The van der Waals surface area contributed by atoms with Crippen molar-refractivity contribution in [1.29, 1.82) is 0 Å². The molecule has 4 nitrogen and oxygen atoms in total. The minimum absolute atomic E-state index is 0.0950. The monoisotopic (exact) mass is 258 g/mol. The summed E-state index contributed by atoms with van der Waals surface area (Å²) in [5, 5.41) is 0. The first kappa shape index (κ1) is 12.2. The van der Waals surface area contributed by atoms with Crippen LogP contribution in [0.2, 0.25) is 0 Å². The van der Waals surface area contributed by atoms with E-state index in [4.69, 9.17) is 0 Å². The Hall–Kier alpha value is -1.84. The van der Waals surface area contributed by atoms with E-state index in [1.807, 2.05) is 23.1 Å². The van der Waals surface area contributed by atoms with Gasteiger partial charge < -0.3 is 9.80 Å². The molecule has 0 bridgehead atoms. The van der Waals surface area contributed by atoms with E-state index < -0.39 is 0 Å². The zero-order chi connectivity index (χ0) is 13.4. The average Bonchev–Trinajstić information content (AvgIpc) is 2.74. The number of carbonyl (C=O) groups is 2. The van der Waals surface area contributed by atoms with Gasteiger partial charge in [0.2, 0.25) is 5.91 Å². The van der Waals surface area contributed by atoms with Gasteiger partial charge in [-0.2, -0.15) is 0 Å². The number of anilines is 1. The quantitative estimate of drug-likeness (QED) is 0.771. The molecule has 2 aliphatic heterocycles. The van der Waals surface area contributed by atoms with Crippen LogP contribution in [0.15, 0.2) is 18.2 Å². The summed E-state index contributed by atoms with van der Waals surface area (Å²) in [5.74, 6) is 0.196. The maximum absolute atomic E-state index is 12.4. The number of hydrogen-bond donors (Lipinski definition) is 0. The molecule has 4 heteroatoms. The molecule has 1 saturated heterocycles. The van der Waals surface area contributed by atoms with Crippen LogP contribution in [0.1, 0.15) is 35.2 Å². The fraction of sp³-hybridized carbons (Fsp3) is 0.467.